The molecule has 0 spiro atoms. The fourth-order valence-corrected chi connectivity index (χ4v) is 1.84. The molecule has 0 aliphatic carbocycles. The number of carbonyl (C=O) groups is 2. The van der Waals surface area contributed by atoms with Crippen molar-refractivity contribution in [2.45, 2.75) is 32.9 Å². The molecule has 0 radical (unpaired) electrons. The topological polar surface area (TPSA) is 72.5 Å². The van der Waals surface area contributed by atoms with E-state index in [2.05, 4.69) is 5.32 Å². The number of carboxylic acids is 1. The zero-order valence-corrected chi connectivity index (χ0v) is 12.1. The Morgan fingerprint density at radius 2 is 1.90 bits per heavy atom. The molecule has 0 fully saturated rings. The Morgan fingerprint density at radius 1 is 1.30 bits per heavy atom. The summed E-state index contributed by atoms with van der Waals surface area (Å²) in [6.45, 7) is 4.07. The molecule has 0 bridgehead atoms. The molecule has 1 aromatic rings. The molecule has 0 aliphatic heterocycles. The summed E-state index contributed by atoms with van der Waals surface area (Å²) in [4.78, 5) is 24.5. The molecule has 110 valence electrons. The van der Waals surface area contributed by atoms with Crippen molar-refractivity contribution < 1.29 is 14.7 Å². The van der Waals surface area contributed by atoms with Crippen LogP contribution in [0.1, 0.15) is 25.8 Å². The molecular weight excluding hydrogens is 256 g/mol. The van der Waals surface area contributed by atoms with Crippen LogP contribution in [0.4, 0.5) is 4.79 Å². The Morgan fingerprint density at radius 3 is 2.40 bits per heavy atom. The van der Waals surface area contributed by atoms with Crippen LogP contribution in [0.2, 0.25) is 0 Å². The maximum absolute atomic E-state index is 12.0. The molecule has 0 saturated heterocycles. The van der Waals surface area contributed by atoms with E-state index in [-0.39, 0.29) is 5.92 Å². The molecule has 1 rings (SSSR count). The van der Waals surface area contributed by atoms with Crippen LogP contribution >= 0.6 is 0 Å². The first-order valence-corrected chi connectivity index (χ1v) is 6.72. The van der Waals surface area contributed by atoms with Gasteiger partial charge in [-0.2, -0.15) is 0 Å². The number of amides is 2. The molecule has 0 aromatic heterocycles. The van der Waals surface area contributed by atoms with Gasteiger partial charge in [-0.15, -0.1) is 0 Å². The second-order valence-corrected chi connectivity index (χ2v) is 4.97. The standard InChI is InChI=1S/C15H22N2O3/c1-4-11(2)13(14(18)19)16-15(20)17(3)10-12-8-6-5-7-9-12/h5-9,11,13H,4,10H2,1-3H3,(H,16,20)(H,18,19)/p-1/t11-,13+/m1/s1. The predicted molar refractivity (Wildman–Crippen MR) is 74.7 cm³/mol. The van der Waals surface area contributed by atoms with Crippen LogP contribution in [0, 0.1) is 5.92 Å². The molecule has 0 saturated carbocycles. The van der Waals surface area contributed by atoms with E-state index in [9.17, 15) is 14.7 Å². The Hall–Kier alpha value is -2.04. The number of nitrogens with one attached hydrogen (secondary N) is 1. The van der Waals surface area contributed by atoms with E-state index in [0.717, 1.165) is 5.56 Å². The second kappa shape index (κ2) is 7.53. The monoisotopic (exact) mass is 277 g/mol. The van der Waals surface area contributed by atoms with Gasteiger partial charge in [0.1, 0.15) is 0 Å². The van der Waals surface area contributed by atoms with Gasteiger partial charge < -0.3 is 20.1 Å². The van der Waals surface area contributed by atoms with Gasteiger partial charge in [0.2, 0.25) is 0 Å². The van der Waals surface area contributed by atoms with Crippen molar-refractivity contribution in [3.8, 4) is 0 Å². The number of carbonyl (C=O) groups excluding carboxylic acids is 2. The minimum atomic E-state index is -1.25. The first-order chi connectivity index (χ1) is 9.45. The van der Waals surface area contributed by atoms with E-state index in [1.54, 1.807) is 14.0 Å². The third kappa shape index (κ3) is 4.57. The van der Waals surface area contributed by atoms with Gasteiger partial charge in [-0.1, -0.05) is 50.6 Å². The highest BCUT2D eigenvalue weighted by atomic mass is 16.4. The number of benzene rings is 1. The number of nitrogens with zero attached hydrogens (tertiary/aromatic N) is 1. The summed E-state index contributed by atoms with van der Waals surface area (Å²) in [5.41, 5.74) is 0.985. The predicted octanol–water partition coefficient (Wildman–Crippen LogP) is 0.993. The van der Waals surface area contributed by atoms with Gasteiger partial charge in [-0.05, 0) is 11.5 Å². The summed E-state index contributed by atoms with van der Waals surface area (Å²) in [6.07, 6.45) is 0.654. The van der Waals surface area contributed by atoms with Gasteiger partial charge in [0.15, 0.2) is 0 Å². The third-order valence-corrected chi connectivity index (χ3v) is 3.36. The molecule has 1 aromatic carbocycles. The molecule has 5 heteroatoms. The van der Waals surface area contributed by atoms with Crippen molar-refractivity contribution in [2.75, 3.05) is 7.05 Å². The number of urea groups is 1. The highest BCUT2D eigenvalue weighted by Gasteiger charge is 2.21. The van der Waals surface area contributed by atoms with E-state index in [1.165, 1.54) is 4.90 Å². The van der Waals surface area contributed by atoms with Crippen LogP contribution in [-0.2, 0) is 11.3 Å². The highest BCUT2D eigenvalue weighted by Crippen LogP contribution is 2.08. The van der Waals surface area contributed by atoms with E-state index in [4.69, 9.17) is 0 Å². The Balaban J connectivity index is 2.62. The van der Waals surface area contributed by atoms with E-state index in [1.807, 2.05) is 37.3 Å². The summed E-state index contributed by atoms with van der Waals surface area (Å²) < 4.78 is 0. The molecule has 0 heterocycles. The first kappa shape index (κ1) is 16.0. The average molecular weight is 277 g/mol. The van der Waals surface area contributed by atoms with Crippen LogP contribution < -0.4 is 10.4 Å². The van der Waals surface area contributed by atoms with Crippen LogP contribution in [0.25, 0.3) is 0 Å². The van der Waals surface area contributed by atoms with Gasteiger partial charge >= 0.3 is 6.03 Å². The van der Waals surface area contributed by atoms with Gasteiger partial charge in [-0.25, -0.2) is 4.79 Å². The summed E-state index contributed by atoms with van der Waals surface area (Å²) in [5.74, 6) is -1.42. The second-order valence-electron chi connectivity index (χ2n) is 4.97. The highest BCUT2D eigenvalue weighted by molar-refractivity contribution is 5.81. The van der Waals surface area contributed by atoms with Crippen molar-refractivity contribution >= 4 is 12.0 Å². The van der Waals surface area contributed by atoms with Crippen molar-refractivity contribution in [2.24, 2.45) is 5.92 Å². The Labute approximate surface area is 119 Å². The summed E-state index contributed by atoms with van der Waals surface area (Å²) >= 11 is 0. The van der Waals surface area contributed by atoms with Gasteiger partial charge in [0, 0.05) is 13.6 Å². The van der Waals surface area contributed by atoms with Crippen molar-refractivity contribution in [1.82, 2.24) is 10.2 Å². The molecule has 2 atom stereocenters. The van der Waals surface area contributed by atoms with Gasteiger partial charge in [0.05, 0.1) is 12.0 Å². The van der Waals surface area contributed by atoms with Crippen LogP contribution in [-0.4, -0.2) is 30.0 Å². The van der Waals surface area contributed by atoms with E-state index < -0.39 is 18.0 Å². The molecule has 0 aliphatic rings. The zero-order chi connectivity index (χ0) is 15.1. The smallest absolute Gasteiger partial charge is 0.317 e. The summed E-state index contributed by atoms with van der Waals surface area (Å²) in [7, 11) is 1.63. The lowest BCUT2D eigenvalue weighted by molar-refractivity contribution is -0.309. The quantitative estimate of drug-likeness (QED) is 0.843. The van der Waals surface area contributed by atoms with Crippen molar-refractivity contribution in [3.63, 3.8) is 0 Å². The van der Waals surface area contributed by atoms with Crippen molar-refractivity contribution in [3.05, 3.63) is 35.9 Å². The zero-order valence-electron chi connectivity index (χ0n) is 12.1. The SMILES string of the molecule is CC[C@@H](C)[C@H](NC(=O)N(C)Cc1ccccc1)C(=O)[O-]. The average Bonchev–Trinajstić information content (AvgIpc) is 2.44. The van der Waals surface area contributed by atoms with Gasteiger partial charge in [-0.3, -0.25) is 0 Å². The Bertz CT molecular complexity index is 448. The van der Waals surface area contributed by atoms with E-state index >= 15 is 0 Å². The number of aliphatic carboxylic acids is 1. The number of hydrogen-bond donors (Lipinski definition) is 1. The van der Waals surface area contributed by atoms with Crippen LogP contribution in [0.3, 0.4) is 0 Å². The molecule has 1 N–H and O–H groups in total. The normalized spacial score (nSPS) is 13.3. The van der Waals surface area contributed by atoms with Crippen LogP contribution in [0.15, 0.2) is 30.3 Å². The van der Waals surface area contributed by atoms with Crippen molar-refractivity contribution in [1.29, 1.82) is 0 Å². The molecule has 2 amide bonds. The number of rotatable bonds is 6. The van der Waals surface area contributed by atoms with Crippen LogP contribution in [0.5, 0.6) is 0 Å². The maximum Gasteiger partial charge on any atom is 0.317 e. The fourth-order valence-electron chi connectivity index (χ4n) is 1.84. The molecule has 5 nitrogen and oxygen atoms in total. The molecular formula is C15H21N2O3-. The third-order valence-electron chi connectivity index (χ3n) is 3.36. The number of hydrogen-bond acceptors (Lipinski definition) is 3. The van der Waals surface area contributed by atoms with Gasteiger partial charge in [0.25, 0.3) is 0 Å². The number of carboxylic acid groups (broad SMARTS) is 1. The minimum Gasteiger partial charge on any atom is -0.548 e. The minimum absolute atomic E-state index is 0.172. The first-order valence-electron chi connectivity index (χ1n) is 6.72. The summed E-state index contributed by atoms with van der Waals surface area (Å²) in [5, 5.41) is 13.6. The fraction of sp³-hybridized carbons (Fsp3) is 0.467. The largest absolute Gasteiger partial charge is 0.548 e. The lowest BCUT2D eigenvalue weighted by atomic mass is 9.99. The van der Waals surface area contributed by atoms with E-state index in [0.29, 0.717) is 13.0 Å². The Kier molecular flexibility index (Phi) is 6.03. The lowest BCUT2D eigenvalue weighted by Gasteiger charge is -2.28. The maximum atomic E-state index is 12.0. The summed E-state index contributed by atoms with van der Waals surface area (Å²) in [6, 6.07) is 8.13. The lowest BCUT2D eigenvalue weighted by Crippen LogP contribution is -2.54. The molecule has 0 unspecified atom stereocenters. The molecule has 20 heavy (non-hydrogen) atoms.